The van der Waals surface area contributed by atoms with Crippen molar-refractivity contribution in [3.63, 3.8) is 0 Å². The number of hydrogen-bond donors (Lipinski definition) is 0. The summed E-state index contributed by atoms with van der Waals surface area (Å²) in [7, 11) is -0.562. The minimum absolute atomic E-state index is 0.562. The zero-order valence-corrected chi connectivity index (χ0v) is 10.1. The summed E-state index contributed by atoms with van der Waals surface area (Å²) in [4.78, 5) is 2.45. The maximum Gasteiger partial charge on any atom is 0.0362 e. The van der Waals surface area contributed by atoms with Crippen LogP contribution in [0.4, 0.5) is 0 Å². The molecule has 0 amide bonds. The molecule has 0 aromatic heterocycles. The molecular formula is C9H19NOS2. The number of nitrogens with zero attached hydrogens (tertiary/aromatic N) is 1. The van der Waals surface area contributed by atoms with E-state index in [1.54, 1.807) is 0 Å². The van der Waals surface area contributed by atoms with Gasteiger partial charge in [-0.1, -0.05) is 6.92 Å². The lowest BCUT2D eigenvalue weighted by atomic mass is 10.2. The third-order valence-electron chi connectivity index (χ3n) is 2.29. The summed E-state index contributed by atoms with van der Waals surface area (Å²) in [6.45, 7) is 5.52. The van der Waals surface area contributed by atoms with Crippen LogP contribution in [0.3, 0.4) is 0 Å². The molecule has 4 heteroatoms. The Balaban J connectivity index is 2.34. The van der Waals surface area contributed by atoms with Crippen LogP contribution in [-0.2, 0) is 10.8 Å². The normalized spacial score (nSPS) is 31.5. The molecule has 0 N–H and O–H groups in total. The van der Waals surface area contributed by atoms with Gasteiger partial charge in [-0.2, -0.15) is 11.8 Å². The van der Waals surface area contributed by atoms with E-state index in [9.17, 15) is 4.21 Å². The highest BCUT2D eigenvalue weighted by atomic mass is 32.2. The third kappa shape index (κ3) is 4.47. The molecule has 0 bridgehead atoms. The molecule has 1 heterocycles. The first kappa shape index (κ1) is 11.5. The minimum Gasteiger partial charge on any atom is -0.301 e. The highest BCUT2D eigenvalue weighted by Crippen LogP contribution is 2.08. The summed E-state index contributed by atoms with van der Waals surface area (Å²) in [6, 6.07) is 0. The van der Waals surface area contributed by atoms with E-state index in [4.69, 9.17) is 0 Å². The molecule has 0 saturated carbocycles. The van der Waals surface area contributed by atoms with Crippen molar-refractivity contribution < 1.29 is 4.21 Å². The molecule has 0 aliphatic carbocycles. The Kier molecular flexibility index (Phi) is 5.36. The third-order valence-corrected chi connectivity index (χ3v) is 4.46. The van der Waals surface area contributed by atoms with E-state index < -0.39 is 10.8 Å². The van der Waals surface area contributed by atoms with Crippen LogP contribution >= 0.6 is 11.8 Å². The summed E-state index contributed by atoms with van der Waals surface area (Å²) >= 11 is 1.89. The summed E-state index contributed by atoms with van der Waals surface area (Å²) < 4.78 is 11.4. The molecule has 1 aliphatic heterocycles. The lowest BCUT2D eigenvalue weighted by Gasteiger charge is -2.20. The molecule has 2 unspecified atom stereocenters. The van der Waals surface area contributed by atoms with Gasteiger partial charge in [-0.3, -0.25) is 4.21 Å². The van der Waals surface area contributed by atoms with Gasteiger partial charge in [-0.15, -0.1) is 0 Å². The second-order valence-corrected chi connectivity index (χ2v) is 6.32. The van der Waals surface area contributed by atoms with Crippen molar-refractivity contribution in [1.82, 2.24) is 4.90 Å². The van der Waals surface area contributed by atoms with E-state index in [1.165, 1.54) is 5.75 Å². The van der Waals surface area contributed by atoms with Crippen LogP contribution in [0.1, 0.15) is 6.92 Å². The lowest BCUT2D eigenvalue weighted by molar-refractivity contribution is 0.281. The topological polar surface area (TPSA) is 20.3 Å². The van der Waals surface area contributed by atoms with Crippen molar-refractivity contribution in [3.05, 3.63) is 0 Å². The predicted octanol–water partition coefficient (Wildman–Crippen LogP) is 1.05. The SMILES string of the molecule is CSCCN1CCS(=O)CC(C)C1. The van der Waals surface area contributed by atoms with Gasteiger partial charge in [-0.25, -0.2) is 0 Å². The van der Waals surface area contributed by atoms with E-state index in [2.05, 4.69) is 18.1 Å². The molecule has 2 atom stereocenters. The second-order valence-electron chi connectivity index (χ2n) is 3.71. The van der Waals surface area contributed by atoms with Crippen molar-refractivity contribution in [1.29, 1.82) is 0 Å². The van der Waals surface area contributed by atoms with Crippen LogP contribution < -0.4 is 0 Å². The molecule has 0 aromatic rings. The minimum atomic E-state index is -0.562. The smallest absolute Gasteiger partial charge is 0.0362 e. The maximum absolute atomic E-state index is 11.4. The number of hydrogen-bond acceptors (Lipinski definition) is 3. The van der Waals surface area contributed by atoms with Crippen molar-refractivity contribution in [2.24, 2.45) is 5.92 Å². The Labute approximate surface area is 87.9 Å². The van der Waals surface area contributed by atoms with Gasteiger partial charge in [-0.05, 0) is 12.2 Å². The summed E-state index contributed by atoms with van der Waals surface area (Å²) in [5.41, 5.74) is 0. The van der Waals surface area contributed by atoms with Crippen molar-refractivity contribution >= 4 is 22.6 Å². The standard InChI is InChI=1S/C9H19NOS2/c1-9-7-10(3-5-12-2)4-6-13(11)8-9/h9H,3-8H2,1-2H3. The van der Waals surface area contributed by atoms with Crippen LogP contribution in [0, 0.1) is 5.92 Å². The van der Waals surface area contributed by atoms with Gasteiger partial charge in [0, 0.05) is 47.7 Å². The average Bonchev–Trinajstić information content (AvgIpc) is 2.23. The average molecular weight is 221 g/mol. The van der Waals surface area contributed by atoms with Gasteiger partial charge in [0.1, 0.15) is 0 Å². The second kappa shape index (κ2) is 6.04. The van der Waals surface area contributed by atoms with E-state index in [0.29, 0.717) is 5.92 Å². The Morgan fingerprint density at radius 1 is 1.62 bits per heavy atom. The molecule has 0 radical (unpaired) electrons. The van der Waals surface area contributed by atoms with E-state index in [-0.39, 0.29) is 0 Å². The molecule has 2 nitrogen and oxygen atoms in total. The van der Waals surface area contributed by atoms with Crippen LogP contribution in [-0.4, -0.2) is 52.3 Å². The molecule has 1 fully saturated rings. The van der Waals surface area contributed by atoms with E-state index >= 15 is 0 Å². The molecule has 1 saturated heterocycles. The molecule has 13 heavy (non-hydrogen) atoms. The van der Waals surface area contributed by atoms with Crippen molar-refractivity contribution in [2.75, 3.05) is 43.1 Å². The first-order valence-electron chi connectivity index (χ1n) is 4.78. The lowest BCUT2D eigenvalue weighted by Crippen LogP contribution is -2.31. The van der Waals surface area contributed by atoms with Gasteiger partial charge in [0.2, 0.25) is 0 Å². The van der Waals surface area contributed by atoms with E-state index in [1.807, 2.05) is 11.8 Å². The Bertz CT molecular complexity index is 175. The Hall–Kier alpha value is 0.460. The Morgan fingerprint density at radius 2 is 2.38 bits per heavy atom. The fourth-order valence-corrected chi connectivity index (χ4v) is 3.45. The van der Waals surface area contributed by atoms with E-state index in [0.717, 1.165) is 31.1 Å². The van der Waals surface area contributed by atoms with Gasteiger partial charge < -0.3 is 4.90 Å². The van der Waals surface area contributed by atoms with Crippen LogP contribution in [0.2, 0.25) is 0 Å². The zero-order valence-electron chi connectivity index (χ0n) is 8.49. The van der Waals surface area contributed by atoms with Crippen LogP contribution in [0.5, 0.6) is 0 Å². The maximum atomic E-state index is 11.4. The first-order chi connectivity index (χ1) is 6.22. The Morgan fingerprint density at radius 3 is 3.08 bits per heavy atom. The fraction of sp³-hybridized carbons (Fsp3) is 1.00. The van der Waals surface area contributed by atoms with Gasteiger partial charge in [0.25, 0.3) is 0 Å². The summed E-state index contributed by atoms with van der Waals surface area (Å²) in [6.07, 6.45) is 2.14. The highest BCUT2D eigenvalue weighted by Gasteiger charge is 2.17. The monoisotopic (exact) mass is 221 g/mol. The molecule has 78 valence electrons. The summed E-state index contributed by atoms with van der Waals surface area (Å²) in [5, 5.41) is 0. The van der Waals surface area contributed by atoms with Gasteiger partial charge in [0.15, 0.2) is 0 Å². The molecule has 1 aliphatic rings. The zero-order chi connectivity index (χ0) is 9.68. The van der Waals surface area contributed by atoms with Gasteiger partial charge in [0.05, 0.1) is 0 Å². The largest absolute Gasteiger partial charge is 0.301 e. The fourth-order valence-electron chi connectivity index (χ4n) is 1.64. The van der Waals surface area contributed by atoms with Gasteiger partial charge >= 0.3 is 0 Å². The first-order valence-corrected chi connectivity index (χ1v) is 7.67. The van der Waals surface area contributed by atoms with Crippen molar-refractivity contribution in [2.45, 2.75) is 6.92 Å². The molecule has 0 spiro atoms. The van der Waals surface area contributed by atoms with Crippen molar-refractivity contribution in [3.8, 4) is 0 Å². The molecule has 0 aromatic carbocycles. The quantitative estimate of drug-likeness (QED) is 0.710. The molecule has 1 rings (SSSR count). The number of rotatable bonds is 3. The number of thioether (sulfide) groups is 1. The summed E-state index contributed by atoms with van der Waals surface area (Å²) in [5.74, 6) is 3.57. The predicted molar refractivity (Wildman–Crippen MR) is 61.9 cm³/mol. The van der Waals surface area contributed by atoms with Crippen LogP contribution in [0.25, 0.3) is 0 Å². The molecular weight excluding hydrogens is 202 g/mol. The van der Waals surface area contributed by atoms with Crippen LogP contribution in [0.15, 0.2) is 0 Å². The highest BCUT2D eigenvalue weighted by molar-refractivity contribution is 7.98.